The molecule has 3 aromatic rings. The number of hydrogen-bond donors (Lipinski definition) is 2. The highest BCUT2D eigenvalue weighted by atomic mass is 127. The van der Waals surface area contributed by atoms with E-state index >= 15 is 0 Å². The monoisotopic (exact) mass is 532 g/mol. The quantitative estimate of drug-likeness (QED) is 0.284. The summed E-state index contributed by atoms with van der Waals surface area (Å²) < 4.78 is 5.31. The number of aryl methyl sites for hydroxylation is 2. The SMILES string of the molecule is CN=C(NCCc1nc(-c2ccc(Cl)cc2)no1)NCc1nc(C)c(C)s1.I. The van der Waals surface area contributed by atoms with Crippen LogP contribution in [0.25, 0.3) is 11.4 Å². The van der Waals surface area contributed by atoms with Gasteiger partial charge in [-0.05, 0) is 38.1 Å². The normalized spacial score (nSPS) is 11.2. The molecule has 7 nitrogen and oxygen atoms in total. The summed E-state index contributed by atoms with van der Waals surface area (Å²) in [7, 11) is 1.74. The number of benzene rings is 1. The van der Waals surface area contributed by atoms with Gasteiger partial charge in [-0.2, -0.15) is 4.98 Å². The van der Waals surface area contributed by atoms with Crippen LogP contribution in [0.5, 0.6) is 0 Å². The Kier molecular flexibility index (Phi) is 8.64. The average molecular weight is 533 g/mol. The van der Waals surface area contributed by atoms with Crippen molar-refractivity contribution in [1.29, 1.82) is 0 Å². The molecular weight excluding hydrogens is 511 g/mol. The van der Waals surface area contributed by atoms with Crippen molar-refractivity contribution < 1.29 is 4.52 Å². The Labute approximate surface area is 190 Å². The molecule has 2 heterocycles. The van der Waals surface area contributed by atoms with Crippen molar-refractivity contribution >= 4 is 52.9 Å². The van der Waals surface area contributed by atoms with E-state index in [2.05, 4.69) is 37.7 Å². The summed E-state index contributed by atoms with van der Waals surface area (Å²) >= 11 is 7.59. The predicted molar refractivity (Wildman–Crippen MR) is 124 cm³/mol. The number of rotatable bonds is 6. The number of halogens is 2. The molecule has 0 saturated carbocycles. The van der Waals surface area contributed by atoms with Crippen LogP contribution in [-0.2, 0) is 13.0 Å². The molecule has 28 heavy (non-hydrogen) atoms. The highest BCUT2D eigenvalue weighted by Crippen LogP contribution is 2.18. The second-order valence-corrected chi connectivity index (χ2v) is 7.59. The molecule has 0 atom stereocenters. The van der Waals surface area contributed by atoms with Crippen molar-refractivity contribution in [2.24, 2.45) is 4.99 Å². The fourth-order valence-electron chi connectivity index (χ4n) is 2.36. The largest absolute Gasteiger partial charge is 0.356 e. The molecule has 3 rings (SSSR count). The highest BCUT2D eigenvalue weighted by molar-refractivity contribution is 14.0. The third-order valence-corrected chi connectivity index (χ3v) is 5.23. The van der Waals surface area contributed by atoms with Gasteiger partial charge in [-0.3, -0.25) is 4.99 Å². The van der Waals surface area contributed by atoms with Crippen LogP contribution in [0.2, 0.25) is 5.02 Å². The maximum Gasteiger partial charge on any atom is 0.228 e. The maximum atomic E-state index is 5.90. The van der Waals surface area contributed by atoms with Crippen molar-refractivity contribution in [2.45, 2.75) is 26.8 Å². The Morgan fingerprint density at radius 2 is 1.93 bits per heavy atom. The van der Waals surface area contributed by atoms with Gasteiger partial charge in [-0.1, -0.05) is 16.8 Å². The van der Waals surface area contributed by atoms with E-state index in [1.807, 2.05) is 19.1 Å². The standard InChI is InChI=1S/C18H21ClN6OS.HI/c1-11-12(2)27-16(23-11)10-22-18(20-3)21-9-8-15-24-17(25-26-15)13-4-6-14(19)7-5-13;/h4-7H,8-10H2,1-3H3,(H2,20,21,22);1H. The first kappa shape index (κ1) is 22.6. The van der Waals surface area contributed by atoms with E-state index in [1.54, 1.807) is 30.5 Å². The number of thiazole rings is 1. The van der Waals surface area contributed by atoms with E-state index in [0.717, 1.165) is 16.3 Å². The van der Waals surface area contributed by atoms with Gasteiger partial charge >= 0.3 is 0 Å². The van der Waals surface area contributed by atoms with Crippen molar-refractivity contribution in [1.82, 2.24) is 25.8 Å². The van der Waals surface area contributed by atoms with Crippen molar-refractivity contribution in [2.75, 3.05) is 13.6 Å². The van der Waals surface area contributed by atoms with Crippen LogP contribution in [0.4, 0.5) is 0 Å². The summed E-state index contributed by atoms with van der Waals surface area (Å²) in [6.45, 7) is 5.36. The minimum absolute atomic E-state index is 0. The van der Waals surface area contributed by atoms with Gasteiger partial charge in [0, 0.05) is 35.5 Å². The number of nitrogens with one attached hydrogen (secondary N) is 2. The van der Waals surface area contributed by atoms with E-state index in [-0.39, 0.29) is 24.0 Å². The molecule has 0 unspecified atom stereocenters. The average Bonchev–Trinajstić information content (AvgIpc) is 3.25. The molecule has 0 radical (unpaired) electrons. The lowest BCUT2D eigenvalue weighted by atomic mass is 10.2. The van der Waals surface area contributed by atoms with Crippen LogP contribution in [-0.4, -0.2) is 34.7 Å². The smallest absolute Gasteiger partial charge is 0.228 e. The van der Waals surface area contributed by atoms with Gasteiger partial charge in [0.1, 0.15) is 5.01 Å². The third kappa shape index (κ3) is 6.14. The second kappa shape index (κ2) is 10.7. The summed E-state index contributed by atoms with van der Waals surface area (Å²) in [4.78, 5) is 14.4. The van der Waals surface area contributed by atoms with Gasteiger partial charge in [0.15, 0.2) is 5.96 Å². The molecule has 0 aliphatic heterocycles. The van der Waals surface area contributed by atoms with Gasteiger partial charge in [-0.25, -0.2) is 4.98 Å². The van der Waals surface area contributed by atoms with Gasteiger partial charge in [0.25, 0.3) is 0 Å². The van der Waals surface area contributed by atoms with Crippen LogP contribution in [0.3, 0.4) is 0 Å². The van der Waals surface area contributed by atoms with Gasteiger partial charge in [-0.15, -0.1) is 35.3 Å². The van der Waals surface area contributed by atoms with Gasteiger partial charge in [0.05, 0.1) is 12.2 Å². The Morgan fingerprint density at radius 1 is 1.18 bits per heavy atom. The van der Waals surface area contributed by atoms with Crippen LogP contribution in [0.15, 0.2) is 33.8 Å². The number of nitrogens with zero attached hydrogens (tertiary/aromatic N) is 4. The molecule has 0 bridgehead atoms. The zero-order valence-corrected chi connectivity index (χ0v) is 19.7. The fraction of sp³-hybridized carbons (Fsp3) is 0.333. The summed E-state index contributed by atoms with van der Waals surface area (Å²) in [6, 6.07) is 7.33. The number of hydrogen-bond acceptors (Lipinski definition) is 6. The zero-order chi connectivity index (χ0) is 19.2. The Morgan fingerprint density at radius 3 is 2.57 bits per heavy atom. The van der Waals surface area contributed by atoms with E-state index in [4.69, 9.17) is 16.1 Å². The molecular formula is C18H22ClIN6OS. The predicted octanol–water partition coefficient (Wildman–Crippen LogP) is 3.99. The van der Waals surface area contributed by atoms with Gasteiger partial charge in [0.2, 0.25) is 11.7 Å². The van der Waals surface area contributed by atoms with Crippen molar-refractivity contribution in [3.05, 3.63) is 50.8 Å². The molecule has 0 amide bonds. The molecule has 1 aromatic carbocycles. The molecule has 0 fully saturated rings. The Bertz CT molecular complexity index is 905. The summed E-state index contributed by atoms with van der Waals surface area (Å²) in [5, 5.41) is 12.2. The number of guanidine groups is 1. The molecule has 10 heteroatoms. The minimum Gasteiger partial charge on any atom is -0.356 e. The van der Waals surface area contributed by atoms with E-state index in [0.29, 0.717) is 42.2 Å². The van der Waals surface area contributed by atoms with E-state index < -0.39 is 0 Å². The highest BCUT2D eigenvalue weighted by Gasteiger charge is 2.09. The van der Waals surface area contributed by atoms with Crippen LogP contribution >= 0.6 is 46.9 Å². The second-order valence-electron chi connectivity index (χ2n) is 5.87. The first-order valence-electron chi connectivity index (χ1n) is 8.51. The summed E-state index contributed by atoms with van der Waals surface area (Å²) in [5.41, 5.74) is 1.95. The maximum absolute atomic E-state index is 5.90. The molecule has 0 saturated heterocycles. The molecule has 150 valence electrons. The molecule has 2 aromatic heterocycles. The van der Waals surface area contributed by atoms with Crippen LogP contribution in [0, 0.1) is 13.8 Å². The lowest BCUT2D eigenvalue weighted by Crippen LogP contribution is -2.37. The fourth-order valence-corrected chi connectivity index (χ4v) is 3.35. The topological polar surface area (TPSA) is 88.2 Å². The zero-order valence-electron chi connectivity index (χ0n) is 15.8. The van der Waals surface area contributed by atoms with Crippen molar-refractivity contribution in [3.8, 4) is 11.4 Å². The number of aliphatic imine (C=N–C) groups is 1. The van der Waals surface area contributed by atoms with E-state index in [1.165, 1.54) is 4.88 Å². The first-order valence-corrected chi connectivity index (χ1v) is 9.70. The van der Waals surface area contributed by atoms with E-state index in [9.17, 15) is 0 Å². The van der Waals surface area contributed by atoms with Gasteiger partial charge < -0.3 is 15.2 Å². The summed E-state index contributed by atoms with van der Waals surface area (Å²) in [5.74, 6) is 1.82. The lowest BCUT2D eigenvalue weighted by molar-refractivity contribution is 0.378. The van der Waals surface area contributed by atoms with Crippen molar-refractivity contribution in [3.63, 3.8) is 0 Å². The summed E-state index contributed by atoms with van der Waals surface area (Å²) in [6.07, 6.45) is 0.594. The molecule has 0 aliphatic rings. The minimum atomic E-state index is 0. The number of aromatic nitrogens is 3. The Hall–Kier alpha value is -1.72. The molecule has 0 spiro atoms. The molecule has 0 aliphatic carbocycles. The molecule has 2 N–H and O–H groups in total. The third-order valence-electron chi connectivity index (χ3n) is 3.91. The van der Waals surface area contributed by atoms with Crippen LogP contribution < -0.4 is 10.6 Å². The first-order chi connectivity index (χ1) is 13.0. The van der Waals surface area contributed by atoms with Crippen LogP contribution in [0.1, 0.15) is 21.5 Å². The Balaban J connectivity index is 0.00000280. The lowest BCUT2D eigenvalue weighted by Gasteiger charge is -2.09.